The predicted octanol–water partition coefficient (Wildman–Crippen LogP) is 2.78. The van der Waals surface area contributed by atoms with Gasteiger partial charge in [-0.3, -0.25) is 4.79 Å². The Morgan fingerprint density at radius 3 is 2.27 bits per heavy atom. The maximum atomic E-state index is 12.4. The summed E-state index contributed by atoms with van der Waals surface area (Å²) in [6.07, 6.45) is -0.165. The average Bonchev–Trinajstić information content (AvgIpc) is 2.68. The number of aromatic hydroxyl groups is 1. The van der Waals surface area contributed by atoms with Crippen LogP contribution < -0.4 is 10.0 Å². The number of para-hydroxylation sites is 1. The summed E-state index contributed by atoms with van der Waals surface area (Å²) in [6.45, 7) is 5.97. The second-order valence-electron chi connectivity index (χ2n) is 7.66. The van der Waals surface area contributed by atoms with Gasteiger partial charge < -0.3 is 15.2 Å². The maximum Gasteiger partial charge on any atom is 0.341 e. The number of hydrogen-bond donors (Lipinski definition) is 3. The number of anilines is 1. The van der Waals surface area contributed by atoms with Crippen LogP contribution >= 0.6 is 0 Å². The number of hydrogen-bond acceptors (Lipinski definition) is 6. The number of phenolic OH excluding ortho intramolecular Hbond substituents is 1. The molecule has 0 saturated carbocycles. The fraction of sp³-hybridized carbons (Fsp3) is 0.333. The zero-order chi connectivity index (χ0) is 22.5. The van der Waals surface area contributed by atoms with Gasteiger partial charge in [0.1, 0.15) is 5.56 Å². The lowest BCUT2D eigenvalue weighted by atomic mass is 9.87. The Bertz CT molecular complexity index is 1020. The number of nitrogens with one attached hydrogen (secondary N) is 2. The molecule has 0 aromatic heterocycles. The summed E-state index contributed by atoms with van der Waals surface area (Å²) in [7, 11) is -2.58. The van der Waals surface area contributed by atoms with Crippen LogP contribution in [0.1, 0.15) is 43.1 Å². The zero-order valence-corrected chi connectivity index (χ0v) is 18.2. The van der Waals surface area contributed by atoms with Crippen LogP contribution in [0.4, 0.5) is 5.69 Å². The van der Waals surface area contributed by atoms with Crippen LogP contribution in [0.5, 0.6) is 5.75 Å². The van der Waals surface area contributed by atoms with Gasteiger partial charge >= 0.3 is 5.97 Å². The molecule has 0 fully saturated rings. The standard InChI is InChI=1S/C21H26N2O6S/c1-21(2,3)14-8-10-15(11-9-14)30(27,28)22-13-12-18(24)23-17-7-5-6-16(19(17)25)20(26)29-4/h5-11,22,25H,12-13H2,1-4H3,(H,23,24). The molecule has 162 valence electrons. The van der Waals surface area contributed by atoms with Crippen molar-refractivity contribution in [2.24, 2.45) is 0 Å². The number of phenols is 1. The number of carbonyl (C=O) groups excluding carboxylic acids is 2. The molecule has 0 heterocycles. The average molecular weight is 435 g/mol. The highest BCUT2D eigenvalue weighted by Gasteiger charge is 2.19. The molecule has 1 amide bonds. The van der Waals surface area contributed by atoms with E-state index in [0.717, 1.165) is 5.56 Å². The first-order chi connectivity index (χ1) is 14.0. The third kappa shape index (κ3) is 5.80. The second kappa shape index (κ2) is 9.27. The van der Waals surface area contributed by atoms with Crippen molar-refractivity contribution in [2.75, 3.05) is 19.0 Å². The lowest BCUT2D eigenvalue weighted by Crippen LogP contribution is -2.28. The summed E-state index contributed by atoms with van der Waals surface area (Å²) in [5.74, 6) is -1.69. The third-order valence-corrected chi connectivity index (χ3v) is 5.87. The molecule has 3 N–H and O–H groups in total. The van der Waals surface area contributed by atoms with Crippen LogP contribution in [-0.4, -0.2) is 39.1 Å². The third-order valence-electron chi connectivity index (χ3n) is 4.39. The number of esters is 1. The van der Waals surface area contributed by atoms with E-state index < -0.39 is 27.6 Å². The van der Waals surface area contributed by atoms with Crippen molar-refractivity contribution in [3.8, 4) is 5.75 Å². The zero-order valence-electron chi connectivity index (χ0n) is 17.4. The lowest BCUT2D eigenvalue weighted by Gasteiger charge is -2.19. The Kier molecular flexibility index (Phi) is 7.22. The van der Waals surface area contributed by atoms with E-state index in [0.29, 0.717) is 0 Å². The molecular formula is C21H26N2O6S. The van der Waals surface area contributed by atoms with Crippen molar-refractivity contribution in [3.63, 3.8) is 0 Å². The van der Waals surface area contributed by atoms with Gasteiger partial charge in [0, 0.05) is 13.0 Å². The van der Waals surface area contributed by atoms with E-state index in [-0.39, 0.29) is 34.5 Å². The monoisotopic (exact) mass is 434 g/mol. The Morgan fingerprint density at radius 1 is 1.07 bits per heavy atom. The van der Waals surface area contributed by atoms with Gasteiger partial charge in [0.05, 0.1) is 17.7 Å². The fourth-order valence-electron chi connectivity index (χ4n) is 2.65. The molecule has 2 aromatic rings. The quantitative estimate of drug-likeness (QED) is 0.455. The van der Waals surface area contributed by atoms with Gasteiger partial charge in [-0.1, -0.05) is 39.0 Å². The Labute approximate surface area is 176 Å². The highest BCUT2D eigenvalue weighted by molar-refractivity contribution is 7.89. The van der Waals surface area contributed by atoms with Crippen LogP contribution in [0.25, 0.3) is 0 Å². The van der Waals surface area contributed by atoms with Crippen LogP contribution in [-0.2, 0) is 25.0 Å². The minimum absolute atomic E-state index is 0.0310. The largest absolute Gasteiger partial charge is 0.505 e. The van der Waals surface area contributed by atoms with Crippen molar-refractivity contribution >= 4 is 27.6 Å². The SMILES string of the molecule is COC(=O)c1cccc(NC(=O)CCNS(=O)(=O)c2ccc(C(C)(C)C)cc2)c1O. The van der Waals surface area contributed by atoms with E-state index in [1.54, 1.807) is 12.1 Å². The minimum Gasteiger partial charge on any atom is -0.505 e. The summed E-state index contributed by atoms with van der Waals surface area (Å²) >= 11 is 0. The number of ether oxygens (including phenoxy) is 1. The van der Waals surface area contributed by atoms with Crippen LogP contribution in [0.3, 0.4) is 0 Å². The van der Waals surface area contributed by atoms with Crippen LogP contribution in [0.2, 0.25) is 0 Å². The molecule has 2 aromatic carbocycles. The van der Waals surface area contributed by atoms with Gasteiger partial charge in [-0.2, -0.15) is 0 Å². The molecule has 0 aliphatic heterocycles. The molecule has 0 spiro atoms. The smallest absolute Gasteiger partial charge is 0.341 e. The van der Waals surface area contributed by atoms with Crippen molar-refractivity contribution in [1.82, 2.24) is 4.72 Å². The molecule has 0 radical (unpaired) electrons. The molecule has 2 rings (SSSR count). The topological polar surface area (TPSA) is 122 Å². The van der Waals surface area contributed by atoms with Crippen LogP contribution in [0.15, 0.2) is 47.4 Å². The summed E-state index contributed by atoms with van der Waals surface area (Å²) in [6, 6.07) is 10.8. The molecule has 0 bridgehead atoms. The molecule has 30 heavy (non-hydrogen) atoms. The first-order valence-corrected chi connectivity index (χ1v) is 10.7. The van der Waals surface area contributed by atoms with Gasteiger partial charge in [0.15, 0.2) is 5.75 Å². The van der Waals surface area contributed by atoms with Crippen molar-refractivity contribution in [2.45, 2.75) is 37.5 Å². The van der Waals surface area contributed by atoms with E-state index in [9.17, 15) is 23.1 Å². The number of benzene rings is 2. The Morgan fingerprint density at radius 2 is 1.70 bits per heavy atom. The molecular weight excluding hydrogens is 408 g/mol. The molecule has 0 unspecified atom stereocenters. The number of carbonyl (C=O) groups is 2. The van der Waals surface area contributed by atoms with Gasteiger partial charge in [-0.05, 0) is 35.2 Å². The maximum absolute atomic E-state index is 12.4. The van der Waals surface area contributed by atoms with E-state index >= 15 is 0 Å². The van der Waals surface area contributed by atoms with Gasteiger partial charge in [-0.25, -0.2) is 17.9 Å². The lowest BCUT2D eigenvalue weighted by molar-refractivity contribution is -0.116. The number of methoxy groups -OCH3 is 1. The van der Waals surface area contributed by atoms with Gasteiger partial charge in [0.25, 0.3) is 0 Å². The first-order valence-electron chi connectivity index (χ1n) is 9.26. The Hall–Kier alpha value is -2.91. The number of amides is 1. The van der Waals surface area contributed by atoms with E-state index in [2.05, 4.69) is 14.8 Å². The van der Waals surface area contributed by atoms with Gasteiger partial charge in [0.2, 0.25) is 15.9 Å². The van der Waals surface area contributed by atoms with Crippen molar-refractivity contribution in [1.29, 1.82) is 0 Å². The Balaban J connectivity index is 1.96. The normalized spacial score (nSPS) is 11.7. The van der Waals surface area contributed by atoms with E-state index in [1.165, 1.54) is 37.4 Å². The molecule has 0 aliphatic rings. The van der Waals surface area contributed by atoms with E-state index in [1.807, 2.05) is 20.8 Å². The number of rotatable bonds is 7. The summed E-state index contributed by atoms with van der Waals surface area (Å²) in [5, 5.41) is 12.5. The van der Waals surface area contributed by atoms with Crippen molar-refractivity contribution in [3.05, 3.63) is 53.6 Å². The summed E-state index contributed by atoms with van der Waals surface area (Å²) < 4.78 is 31.7. The summed E-state index contributed by atoms with van der Waals surface area (Å²) in [5.41, 5.74) is 0.859. The molecule has 0 atom stereocenters. The molecule has 9 heteroatoms. The fourth-order valence-corrected chi connectivity index (χ4v) is 3.68. The molecule has 8 nitrogen and oxygen atoms in total. The van der Waals surface area contributed by atoms with Crippen LogP contribution in [0, 0.1) is 0 Å². The molecule has 0 saturated heterocycles. The highest BCUT2D eigenvalue weighted by Crippen LogP contribution is 2.28. The van der Waals surface area contributed by atoms with Gasteiger partial charge in [-0.15, -0.1) is 0 Å². The number of sulfonamides is 1. The molecule has 0 aliphatic carbocycles. The summed E-state index contributed by atoms with van der Waals surface area (Å²) in [4.78, 5) is 23.8. The minimum atomic E-state index is -3.76. The second-order valence-corrected chi connectivity index (χ2v) is 9.43. The van der Waals surface area contributed by atoms with Crippen molar-refractivity contribution < 1.29 is 27.9 Å². The first kappa shape index (κ1) is 23.4. The van der Waals surface area contributed by atoms with E-state index in [4.69, 9.17) is 0 Å². The highest BCUT2D eigenvalue weighted by atomic mass is 32.2. The predicted molar refractivity (Wildman–Crippen MR) is 113 cm³/mol.